The van der Waals surface area contributed by atoms with Crippen LogP contribution < -0.4 is 5.73 Å². The number of halogens is 1. The van der Waals surface area contributed by atoms with Gasteiger partial charge in [0.25, 0.3) is 10.0 Å². The van der Waals surface area contributed by atoms with Crippen LogP contribution in [0, 0.1) is 0 Å². The van der Waals surface area contributed by atoms with E-state index in [0.29, 0.717) is 28.3 Å². The third-order valence-electron chi connectivity index (χ3n) is 3.03. The highest BCUT2D eigenvalue weighted by Crippen LogP contribution is 2.31. The predicted octanol–water partition coefficient (Wildman–Crippen LogP) is 0.774. The summed E-state index contributed by atoms with van der Waals surface area (Å²) in [5.41, 5.74) is 5.70. The number of hydrogen-bond acceptors (Lipinski definition) is 5. The van der Waals surface area contributed by atoms with Crippen LogP contribution in [0.5, 0.6) is 0 Å². The number of likely N-dealkylation sites (N-methyl/N-ethyl adjacent to an activating group) is 1. The Hall–Kier alpha value is 0.01000. The van der Waals surface area contributed by atoms with Crippen LogP contribution in [0.25, 0.3) is 0 Å². The molecule has 2 rings (SSSR count). The predicted molar refractivity (Wildman–Crippen MR) is 76.3 cm³/mol. The van der Waals surface area contributed by atoms with E-state index in [0.717, 1.165) is 6.54 Å². The first-order chi connectivity index (χ1) is 8.46. The van der Waals surface area contributed by atoms with Gasteiger partial charge >= 0.3 is 0 Å². The molecular formula is C10H16BrN3O2S2. The molecule has 18 heavy (non-hydrogen) atoms. The van der Waals surface area contributed by atoms with Gasteiger partial charge in [-0.2, -0.15) is 4.31 Å². The second-order valence-electron chi connectivity index (χ2n) is 4.32. The number of sulfonamides is 1. The average Bonchev–Trinajstić information content (AvgIpc) is 2.75. The van der Waals surface area contributed by atoms with Crippen LogP contribution in [-0.4, -0.2) is 56.9 Å². The molecule has 1 atom stereocenters. The number of rotatable bonds is 3. The van der Waals surface area contributed by atoms with Gasteiger partial charge in [0, 0.05) is 30.7 Å². The van der Waals surface area contributed by atoms with E-state index < -0.39 is 10.0 Å². The van der Waals surface area contributed by atoms with Crippen molar-refractivity contribution in [3.63, 3.8) is 0 Å². The van der Waals surface area contributed by atoms with Crippen molar-refractivity contribution in [3.8, 4) is 0 Å². The first-order valence-electron chi connectivity index (χ1n) is 5.60. The standard InChI is InChI=1S/C10H16BrN3O2S2/c1-13-3-4-14(8(6-12)7-13)18(15,16)10-9(11)2-5-17-10/h2,5,8H,3-4,6-7,12H2,1H3. The Balaban J connectivity index is 2.32. The van der Waals surface area contributed by atoms with Gasteiger partial charge in [-0.25, -0.2) is 8.42 Å². The molecule has 1 aliphatic rings. The minimum atomic E-state index is -3.44. The quantitative estimate of drug-likeness (QED) is 0.871. The van der Waals surface area contributed by atoms with Gasteiger partial charge in [0.1, 0.15) is 4.21 Å². The lowest BCUT2D eigenvalue weighted by molar-refractivity contribution is 0.164. The first-order valence-corrected chi connectivity index (χ1v) is 8.71. The largest absolute Gasteiger partial charge is 0.329 e. The van der Waals surface area contributed by atoms with Crippen molar-refractivity contribution < 1.29 is 8.42 Å². The molecule has 1 aromatic rings. The number of piperazine rings is 1. The van der Waals surface area contributed by atoms with E-state index in [1.54, 1.807) is 11.4 Å². The average molecular weight is 354 g/mol. The van der Waals surface area contributed by atoms with Crippen LogP contribution in [0.1, 0.15) is 0 Å². The molecule has 0 radical (unpaired) electrons. The molecule has 0 saturated carbocycles. The fourth-order valence-electron chi connectivity index (χ4n) is 2.07. The molecule has 0 aliphatic carbocycles. The maximum atomic E-state index is 12.6. The van der Waals surface area contributed by atoms with Crippen molar-refractivity contribution in [2.45, 2.75) is 10.3 Å². The lowest BCUT2D eigenvalue weighted by Crippen LogP contribution is -2.56. The second-order valence-corrected chi connectivity index (χ2v) is 8.18. The van der Waals surface area contributed by atoms with Crippen LogP contribution in [-0.2, 0) is 10.0 Å². The third kappa shape index (κ3) is 2.63. The molecule has 0 amide bonds. The molecule has 1 fully saturated rings. The number of hydrogen-bond donors (Lipinski definition) is 1. The Morgan fingerprint density at radius 3 is 2.83 bits per heavy atom. The SMILES string of the molecule is CN1CCN(S(=O)(=O)c2sccc2Br)C(CN)C1. The van der Waals surface area contributed by atoms with E-state index in [9.17, 15) is 8.42 Å². The molecule has 1 saturated heterocycles. The monoisotopic (exact) mass is 353 g/mol. The zero-order valence-corrected chi connectivity index (χ0v) is 13.3. The first kappa shape index (κ1) is 14.4. The zero-order chi connectivity index (χ0) is 13.3. The number of nitrogens with zero attached hydrogens (tertiary/aromatic N) is 2. The van der Waals surface area contributed by atoms with Crippen LogP contribution in [0.2, 0.25) is 0 Å². The van der Waals surface area contributed by atoms with Crippen LogP contribution in [0.3, 0.4) is 0 Å². The van der Waals surface area contributed by atoms with E-state index in [1.807, 2.05) is 7.05 Å². The zero-order valence-electron chi connectivity index (χ0n) is 10.0. The minimum Gasteiger partial charge on any atom is -0.329 e. The van der Waals surface area contributed by atoms with Crippen molar-refractivity contribution in [1.29, 1.82) is 0 Å². The van der Waals surface area contributed by atoms with Crippen molar-refractivity contribution in [1.82, 2.24) is 9.21 Å². The molecule has 1 aliphatic heterocycles. The van der Waals surface area contributed by atoms with Crippen molar-refractivity contribution in [2.75, 3.05) is 33.2 Å². The van der Waals surface area contributed by atoms with Crippen molar-refractivity contribution >= 4 is 37.3 Å². The second kappa shape index (κ2) is 5.56. The lowest BCUT2D eigenvalue weighted by atomic mass is 10.2. The molecule has 1 aromatic heterocycles. The van der Waals surface area contributed by atoms with Gasteiger partial charge < -0.3 is 10.6 Å². The highest BCUT2D eigenvalue weighted by molar-refractivity contribution is 9.10. The fourth-order valence-corrected chi connectivity index (χ4v) is 6.12. The summed E-state index contributed by atoms with van der Waals surface area (Å²) in [7, 11) is -1.46. The van der Waals surface area contributed by atoms with Gasteiger partial charge in [-0.15, -0.1) is 11.3 Å². The van der Waals surface area contributed by atoms with E-state index in [2.05, 4.69) is 20.8 Å². The summed E-state index contributed by atoms with van der Waals surface area (Å²) in [6, 6.07) is 1.60. The Labute approximate surface area is 120 Å². The van der Waals surface area contributed by atoms with Gasteiger partial charge in [0.05, 0.1) is 6.04 Å². The fraction of sp³-hybridized carbons (Fsp3) is 0.600. The summed E-state index contributed by atoms with van der Waals surface area (Å²) in [6.07, 6.45) is 0. The third-order valence-corrected chi connectivity index (χ3v) is 7.63. The van der Waals surface area contributed by atoms with E-state index in [-0.39, 0.29) is 6.04 Å². The van der Waals surface area contributed by atoms with Crippen LogP contribution >= 0.6 is 27.3 Å². The molecule has 0 bridgehead atoms. The summed E-state index contributed by atoms with van der Waals surface area (Å²) in [5, 5.41) is 1.77. The Morgan fingerprint density at radius 2 is 2.28 bits per heavy atom. The number of nitrogens with two attached hydrogens (primary N) is 1. The highest BCUT2D eigenvalue weighted by atomic mass is 79.9. The smallest absolute Gasteiger partial charge is 0.254 e. The molecule has 8 heteroatoms. The topological polar surface area (TPSA) is 66.6 Å². The van der Waals surface area contributed by atoms with Gasteiger partial charge in [0.15, 0.2) is 0 Å². The van der Waals surface area contributed by atoms with Crippen LogP contribution in [0.15, 0.2) is 20.1 Å². The molecule has 0 aromatic carbocycles. The van der Waals surface area contributed by atoms with E-state index in [1.165, 1.54) is 15.6 Å². The molecule has 2 N–H and O–H groups in total. The number of thiophene rings is 1. The maximum absolute atomic E-state index is 12.6. The van der Waals surface area contributed by atoms with Gasteiger partial charge in [0.2, 0.25) is 0 Å². The summed E-state index contributed by atoms with van der Waals surface area (Å²) < 4.78 is 27.7. The van der Waals surface area contributed by atoms with E-state index >= 15 is 0 Å². The Kier molecular flexibility index (Phi) is 4.45. The summed E-state index contributed by atoms with van der Waals surface area (Å²) in [4.78, 5) is 2.10. The minimum absolute atomic E-state index is 0.150. The van der Waals surface area contributed by atoms with Crippen LogP contribution in [0.4, 0.5) is 0 Å². The molecule has 102 valence electrons. The Bertz CT molecular complexity index is 517. The summed E-state index contributed by atoms with van der Waals surface area (Å²) in [6.45, 7) is 2.25. The molecule has 0 spiro atoms. The molecular weight excluding hydrogens is 338 g/mol. The molecule has 2 heterocycles. The lowest BCUT2D eigenvalue weighted by Gasteiger charge is -2.38. The highest BCUT2D eigenvalue weighted by Gasteiger charge is 2.36. The normalized spacial score (nSPS) is 23.4. The van der Waals surface area contributed by atoms with Gasteiger partial charge in [-0.1, -0.05) is 0 Å². The van der Waals surface area contributed by atoms with E-state index in [4.69, 9.17) is 5.73 Å². The van der Waals surface area contributed by atoms with Gasteiger partial charge in [-0.05, 0) is 34.4 Å². The van der Waals surface area contributed by atoms with Gasteiger partial charge in [-0.3, -0.25) is 0 Å². The van der Waals surface area contributed by atoms with Crippen molar-refractivity contribution in [3.05, 3.63) is 15.9 Å². The Morgan fingerprint density at radius 1 is 1.56 bits per heavy atom. The summed E-state index contributed by atoms with van der Waals surface area (Å²) in [5.74, 6) is 0. The maximum Gasteiger partial charge on any atom is 0.254 e. The van der Waals surface area contributed by atoms with Crippen molar-refractivity contribution in [2.24, 2.45) is 5.73 Å². The molecule has 5 nitrogen and oxygen atoms in total. The molecule has 1 unspecified atom stereocenters. The summed E-state index contributed by atoms with van der Waals surface area (Å²) >= 11 is 4.52.